The van der Waals surface area contributed by atoms with Gasteiger partial charge in [-0.15, -0.1) is 0 Å². The molecule has 1 amide bonds. The summed E-state index contributed by atoms with van der Waals surface area (Å²) >= 11 is 0. The molecule has 1 aliphatic rings. The summed E-state index contributed by atoms with van der Waals surface area (Å²) in [5.41, 5.74) is 5.70. The monoisotopic (exact) mass is 200 g/mol. The van der Waals surface area contributed by atoms with E-state index in [-0.39, 0.29) is 24.1 Å². The van der Waals surface area contributed by atoms with Crippen LogP contribution in [0.3, 0.4) is 0 Å². The van der Waals surface area contributed by atoms with E-state index in [0.717, 1.165) is 25.9 Å². The number of rotatable bonds is 4. The van der Waals surface area contributed by atoms with Crippen LogP contribution >= 0.6 is 0 Å². The predicted octanol–water partition coefficient (Wildman–Crippen LogP) is 0.407. The summed E-state index contributed by atoms with van der Waals surface area (Å²) in [6.07, 6.45) is 2.69. The van der Waals surface area contributed by atoms with Gasteiger partial charge in [0.2, 0.25) is 5.91 Å². The van der Waals surface area contributed by atoms with Gasteiger partial charge in [-0.2, -0.15) is 0 Å². The van der Waals surface area contributed by atoms with Crippen LogP contribution in [0.5, 0.6) is 0 Å². The van der Waals surface area contributed by atoms with Crippen molar-refractivity contribution in [3.8, 4) is 0 Å². The highest BCUT2D eigenvalue weighted by molar-refractivity contribution is 5.81. The molecule has 3 atom stereocenters. The molecule has 14 heavy (non-hydrogen) atoms. The second-order valence-corrected chi connectivity index (χ2v) is 3.87. The van der Waals surface area contributed by atoms with E-state index in [0.29, 0.717) is 0 Å². The molecule has 1 heterocycles. The van der Waals surface area contributed by atoms with E-state index in [1.807, 2.05) is 13.8 Å². The van der Waals surface area contributed by atoms with E-state index in [9.17, 15) is 4.79 Å². The zero-order valence-corrected chi connectivity index (χ0v) is 8.95. The standard InChI is InChI=1S/C10H20N2O2/c1-3-4-8(11)10(13)12-9-5-6-14-7(9)2/h7-9H,3-6,11H2,1-2H3,(H,12,13). The predicted molar refractivity (Wildman–Crippen MR) is 54.8 cm³/mol. The molecule has 1 rings (SSSR count). The Morgan fingerprint density at radius 2 is 2.43 bits per heavy atom. The Labute approximate surface area is 85.2 Å². The van der Waals surface area contributed by atoms with Crippen LogP contribution in [0.4, 0.5) is 0 Å². The molecule has 0 radical (unpaired) electrons. The Morgan fingerprint density at radius 3 is 2.93 bits per heavy atom. The van der Waals surface area contributed by atoms with Crippen molar-refractivity contribution in [3.63, 3.8) is 0 Å². The minimum atomic E-state index is -0.368. The van der Waals surface area contributed by atoms with Crippen molar-refractivity contribution in [1.82, 2.24) is 5.32 Å². The van der Waals surface area contributed by atoms with Crippen molar-refractivity contribution in [2.75, 3.05) is 6.61 Å². The summed E-state index contributed by atoms with van der Waals surface area (Å²) in [4.78, 5) is 11.5. The minimum Gasteiger partial charge on any atom is -0.376 e. The molecule has 3 unspecified atom stereocenters. The Kier molecular flexibility index (Phi) is 4.35. The van der Waals surface area contributed by atoms with Gasteiger partial charge in [-0.3, -0.25) is 4.79 Å². The van der Waals surface area contributed by atoms with Crippen molar-refractivity contribution in [1.29, 1.82) is 0 Å². The first-order valence-corrected chi connectivity index (χ1v) is 5.32. The first-order valence-electron chi connectivity index (χ1n) is 5.32. The zero-order chi connectivity index (χ0) is 10.6. The highest BCUT2D eigenvalue weighted by Gasteiger charge is 2.26. The largest absolute Gasteiger partial charge is 0.376 e. The lowest BCUT2D eigenvalue weighted by Gasteiger charge is -2.18. The first kappa shape index (κ1) is 11.5. The number of hydrogen-bond acceptors (Lipinski definition) is 3. The molecule has 1 aliphatic heterocycles. The molecule has 0 aliphatic carbocycles. The van der Waals surface area contributed by atoms with Gasteiger partial charge in [-0.1, -0.05) is 13.3 Å². The molecule has 1 fully saturated rings. The number of carbonyl (C=O) groups is 1. The second-order valence-electron chi connectivity index (χ2n) is 3.87. The Balaban J connectivity index is 2.32. The van der Waals surface area contributed by atoms with Crippen molar-refractivity contribution < 1.29 is 9.53 Å². The Morgan fingerprint density at radius 1 is 1.71 bits per heavy atom. The van der Waals surface area contributed by atoms with Crippen LogP contribution in [0.15, 0.2) is 0 Å². The summed E-state index contributed by atoms with van der Waals surface area (Å²) < 4.78 is 5.35. The maximum absolute atomic E-state index is 11.5. The lowest BCUT2D eigenvalue weighted by atomic mass is 10.1. The second kappa shape index (κ2) is 5.32. The van der Waals surface area contributed by atoms with E-state index in [2.05, 4.69) is 5.32 Å². The van der Waals surface area contributed by atoms with Gasteiger partial charge in [0, 0.05) is 6.61 Å². The number of amides is 1. The van der Waals surface area contributed by atoms with Gasteiger partial charge in [0.15, 0.2) is 0 Å². The normalized spacial score (nSPS) is 28.8. The van der Waals surface area contributed by atoms with Gasteiger partial charge in [0.05, 0.1) is 18.2 Å². The minimum absolute atomic E-state index is 0.0470. The Bertz CT molecular complexity index is 197. The quantitative estimate of drug-likeness (QED) is 0.690. The number of ether oxygens (including phenoxy) is 1. The molecule has 0 bridgehead atoms. The molecule has 4 nitrogen and oxygen atoms in total. The van der Waals surface area contributed by atoms with E-state index in [4.69, 9.17) is 10.5 Å². The third kappa shape index (κ3) is 2.96. The van der Waals surface area contributed by atoms with E-state index in [1.165, 1.54) is 0 Å². The van der Waals surface area contributed by atoms with E-state index < -0.39 is 0 Å². The molecule has 3 N–H and O–H groups in total. The SMILES string of the molecule is CCCC(N)C(=O)NC1CCOC1C. The van der Waals surface area contributed by atoms with Crippen LogP contribution in [0, 0.1) is 0 Å². The maximum Gasteiger partial charge on any atom is 0.237 e. The Hall–Kier alpha value is -0.610. The summed E-state index contributed by atoms with van der Waals surface area (Å²) in [7, 11) is 0. The molecule has 0 aromatic rings. The summed E-state index contributed by atoms with van der Waals surface area (Å²) in [6.45, 7) is 4.73. The summed E-state index contributed by atoms with van der Waals surface area (Å²) in [5, 5.41) is 2.92. The highest BCUT2D eigenvalue weighted by Crippen LogP contribution is 2.12. The van der Waals surface area contributed by atoms with Crippen molar-refractivity contribution in [3.05, 3.63) is 0 Å². The molecule has 0 aromatic heterocycles. The highest BCUT2D eigenvalue weighted by atomic mass is 16.5. The van der Waals surface area contributed by atoms with Gasteiger partial charge in [-0.25, -0.2) is 0 Å². The molecule has 0 spiro atoms. The van der Waals surface area contributed by atoms with Gasteiger partial charge in [0.25, 0.3) is 0 Å². The van der Waals surface area contributed by atoms with Crippen LogP contribution in [-0.2, 0) is 9.53 Å². The van der Waals surface area contributed by atoms with E-state index in [1.54, 1.807) is 0 Å². The number of nitrogens with one attached hydrogen (secondary N) is 1. The third-order valence-electron chi connectivity index (χ3n) is 2.64. The van der Waals surface area contributed by atoms with Gasteiger partial charge in [0.1, 0.15) is 0 Å². The lowest BCUT2D eigenvalue weighted by Crippen LogP contribution is -2.47. The molecule has 1 saturated heterocycles. The smallest absolute Gasteiger partial charge is 0.237 e. The summed E-state index contributed by atoms with van der Waals surface area (Å²) in [5.74, 6) is -0.0470. The molecule has 0 saturated carbocycles. The van der Waals surface area contributed by atoms with Gasteiger partial charge >= 0.3 is 0 Å². The topological polar surface area (TPSA) is 64.4 Å². The first-order chi connectivity index (χ1) is 6.65. The van der Waals surface area contributed by atoms with Crippen molar-refractivity contribution >= 4 is 5.91 Å². The zero-order valence-electron chi connectivity index (χ0n) is 8.95. The lowest BCUT2D eigenvalue weighted by molar-refractivity contribution is -0.123. The molecule has 82 valence electrons. The molecule has 0 aromatic carbocycles. The van der Waals surface area contributed by atoms with Crippen LogP contribution < -0.4 is 11.1 Å². The van der Waals surface area contributed by atoms with Crippen LogP contribution in [0.1, 0.15) is 33.1 Å². The fourth-order valence-corrected chi connectivity index (χ4v) is 1.65. The van der Waals surface area contributed by atoms with E-state index >= 15 is 0 Å². The molecule has 4 heteroatoms. The van der Waals surface area contributed by atoms with Crippen molar-refractivity contribution in [2.24, 2.45) is 5.73 Å². The maximum atomic E-state index is 11.5. The van der Waals surface area contributed by atoms with Crippen molar-refractivity contribution in [2.45, 2.75) is 51.3 Å². The van der Waals surface area contributed by atoms with Crippen LogP contribution in [-0.4, -0.2) is 30.7 Å². The molecular weight excluding hydrogens is 180 g/mol. The summed E-state index contributed by atoms with van der Waals surface area (Å²) in [6, 6.07) is -0.224. The van der Waals surface area contributed by atoms with Gasteiger partial charge in [-0.05, 0) is 19.8 Å². The van der Waals surface area contributed by atoms with Crippen LogP contribution in [0.2, 0.25) is 0 Å². The average Bonchev–Trinajstić information content (AvgIpc) is 2.52. The average molecular weight is 200 g/mol. The number of hydrogen-bond donors (Lipinski definition) is 2. The fraction of sp³-hybridized carbons (Fsp3) is 0.900. The number of carbonyl (C=O) groups excluding carboxylic acids is 1. The van der Waals surface area contributed by atoms with Crippen LogP contribution in [0.25, 0.3) is 0 Å². The van der Waals surface area contributed by atoms with Gasteiger partial charge < -0.3 is 15.8 Å². The molecular formula is C10H20N2O2. The number of nitrogens with two attached hydrogens (primary N) is 1. The third-order valence-corrected chi connectivity index (χ3v) is 2.64. The fourth-order valence-electron chi connectivity index (χ4n) is 1.65.